The fourth-order valence-electron chi connectivity index (χ4n) is 3.97. The van der Waals surface area contributed by atoms with Crippen LogP contribution in [0.4, 0.5) is 0 Å². The molecule has 2 aliphatic carbocycles. The molecule has 5 nitrogen and oxygen atoms in total. The minimum Gasteiger partial charge on any atom is -0.370 e. The van der Waals surface area contributed by atoms with Crippen molar-refractivity contribution in [3.8, 4) is 0 Å². The van der Waals surface area contributed by atoms with Gasteiger partial charge in [0.1, 0.15) is 6.10 Å². The third-order valence-corrected chi connectivity index (χ3v) is 4.93. The molecule has 0 spiro atoms. The third-order valence-electron chi connectivity index (χ3n) is 4.93. The number of fused-ring (bicyclic) bond motifs is 2. The van der Waals surface area contributed by atoms with Gasteiger partial charge in [0, 0.05) is 12.6 Å². The lowest BCUT2D eigenvalue weighted by molar-refractivity contribution is 0.0477. The number of nitrogens with zero attached hydrogens (tertiary/aromatic N) is 2. The van der Waals surface area contributed by atoms with Gasteiger partial charge in [-0.1, -0.05) is 18.5 Å². The molecule has 2 N–H and O–H groups in total. The van der Waals surface area contributed by atoms with Crippen molar-refractivity contribution in [3.05, 3.63) is 11.7 Å². The molecular formula is C15H25N3O2. The smallest absolute Gasteiger partial charge is 0.231 e. The van der Waals surface area contributed by atoms with E-state index in [0.717, 1.165) is 18.7 Å². The highest BCUT2D eigenvalue weighted by Gasteiger charge is 2.49. The van der Waals surface area contributed by atoms with E-state index in [1.165, 1.54) is 19.3 Å². The van der Waals surface area contributed by atoms with Crippen LogP contribution in [0.1, 0.15) is 69.7 Å². The van der Waals surface area contributed by atoms with Crippen molar-refractivity contribution >= 4 is 0 Å². The molecule has 3 rings (SSSR count). The fourth-order valence-corrected chi connectivity index (χ4v) is 3.97. The summed E-state index contributed by atoms with van der Waals surface area (Å²) in [6.45, 7) is 4.80. The molecule has 0 amide bonds. The van der Waals surface area contributed by atoms with Crippen LogP contribution in [-0.4, -0.2) is 22.8 Å². The minimum atomic E-state index is -0.0442. The van der Waals surface area contributed by atoms with Gasteiger partial charge in [0.2, 0.25) is 11.7 Å². The highest BCUT2D eigenvalue weighted by molar-refractivity contribution is 5.12. The van der Waals surface area contributed by atoms with Crippen molar-refractivity contribution in [1.29, 1.82) is 0 Å². The number of hydrogen-bond donors (Lipinski definition) is 1. The maximum atomic E-state index is 6.34. The Morgan fingerprint density at radius 3 is 2.80 bits per heavy atom. The monoisotopic (exact) mass is 279 g/mol. The van der Waals surface area contributed by atoms with Crippen LogP contribution in [0.3, 0.4) is 0 Å². The van der Waals surface area contributed by atoms with Crippen LogP contribution in [0.2, 0.25) is 0 Å². The van der Waals surface area contributed by atoms with Crippen molar-refractivity contribution in [2.24, 2.45) is 17.6 Å². The molecule has 112 valence electrons. The molecule has 5 unspecified atom stereocenters. The average molecular weight is 279 g/mol. The van der Waals surface area contributed by atoms with E-state index >= 15 is 0 Å². The van der Waals surface area contributed by atoms with Crippen molar-refractivity contribution in [3.63, 3.8) is 0 Å². The summed E-state index contributed by atoms with van der Waals surface area (Å²) in [5, 5.41) is 4.15. The Hall–Kier alpha value is -0.940. The maximum Gasteiger partial charge on any atom is 0.231 e. The molecule has 2 fully saturated rings. The number of aromatic nitrogens is 2. The van der Waals surface area contributed by atoms with Crippen molar-refractivity contribution in [2.45, 2.75) is 64.0 Å². The van der Waals surface area contributed by atoms with Gasteiger partial charge in [-0.25, -0.2) is 0 Å². The Kier molecular flexibility index (Phi) is 4.08. The molecule has 0 radical (unpaired) electrons. The van der Waals surface area contributed by atoms with Gasteiger partial charge in [0.15, 0.2) is 0 Å². The zero-order valence-electron chi connectivity index (χ0n) is 12.4. The summed E-state index contributed by atoms with van der Waals surface area (Å²) in [6, 6.07) is 0.193. The molecule has 2 aliphatic rings. The highest BCUT2D eigenvalue weighted by Crippen LogP contribution is 2.51. The van der Waals surface area contributed by atoms with Gasteiger partial charge in [-0.3, -0.25) is 0 Å². The summed E-state index contributed by atoms with van der Waals surface area (Å²) in [5.74, 6) is 2.98. The summed E-state index contributed by atoms with van der Waals surface area (Å²) in [6.07, 6.45) is 5.67. The maximum absolute atomic E-state index is 6.34. The molecule has 2 saturated carbocycles. The summed E-state index contributed by atoms with van der Waals surface area (Å²) >= 11 is 0. The predicted molar refractivity (Wildman–Crippen MR) is 75.1 cm³/mol. The first kappa shape index (κ1) is 14.0. The van der Waals surface area contributed by atoms with Crippen LogP contribution >= 0.6 is 0 Å². The lowest BCUT2D eigenvalue weighted by Crippen LogP contribution is -2.34. The molecule has 0 aliphatic heterocycles. The van der Waals surface area contributed by atoms with Crippen molar-refractivity contribution in [2.75, 3.05) is 6.61 Å². The molecule has 5 atom stereocenters. The molecule has 1 heterocycles. The second kappa shape index (κ2) is 5.82. The lowest BCUT2D eigenvalue weighted by atomic mass is 9.85. The molecule has 0 saturated heterocycles. The highest BCUT2D eigenvalue weighted by atomic mass is 16.5. The quantitative estimate of drug-likeness (QED) is 0.866. The lowest BCUT2D eigenvalue weighted by Gasteiger charge is -2.24. The van der Waals surface area contributed by atoms with E-state index in [1.807, 2.05) is 6.92 Å². The molecule has 1 aromatic heterocycles. The summed E-state index contributed by atoms with van der Waals surface area (Å²) in [4.78, 5) is 4.62. The predicted octanol–water partition coefficient (Wildman–Crippen LogP) is 2.79. The first-order valence-electron chi connectivity index (χ1n) is 7.95. The topological polar surface area (TPSA) is 74.2 Å². The number of nitrogens with two attached hydrogens (primary N) is 1. The second-order valence-electron chi connectivity index (χ2n) is 6.16. The van der Waals surface area contributed by atoms with Crippen LogP contribution in [0.5, 0.6) is 0 Å². The number of rotatable bonds is 6. The Balaban J connectivity index is 1.76. The van der Waals surface area contributed by atoms with E-state index in [2.05, 4.69) is 17.1 Å². The van der Waals surface area contributed by atoms with Gasteiger partial charge in [-0.15, -0.1) is 0 Å². The molecular weight excluding hydrogens is 254 g/mol. The van der Waals surface area contributed by atoms with Gasteiger partial charge >= 0.3 is 0 Å². The van der Waals surface area contributed by atoms with E-state index in [-0.39, 0.29) is 18.1 Å². The van der Waals surface area contributed by atoms with E-state index in [4.69, 9.17) is 15.0 Å². The molecule has 2 bridgehead atoms. The Labute approximate surface area is 120 Å². The SMILES string of the molecule is CCCC(OCC)c1noc(C2C3CCC(C3)C2N)n1. The van der Waals surface area contributed by atoms with Gasteiger partial charge in [0.25, 0.3) is 0 Å². The summed E-state index contributed by atoms with van der Waals surface area (Å²) in [5.41, 5.74) is 6.34. The molecule has 5 heteroatoms. The van der Waals surface area contributed by atoms with E-state index in [0.29, 0.717) is 24.3 Å². The van der Waals surface area contributed by atoms with Gasteiger partial charge < -0.3 is 15.0 Å². The first-order chi connectivity index (χ1) is 9.74. The van der Waals surface area contributed by atoms with Crippen LogP contribution in [-0.2, 0) is 4.74 Å². The summed E-state index contributed by atoms with van der Waals surface area (Å²) < 4.78 is 11.2. The normalized spacial score (nSPS) is 33.8. The van der Waals surface area contributed by atoms with Gasteiger partial charge in [-0.05, 0) is 44.4 Å². The van der Waals surface area contributed by atoms with Crippen LogP contribution in [0, 0.1) is 11.8 Å². The Morgan fingerprint density at radius 2 is 2.15 bits per heavy atom. The largest absolute Gasteiger partial charge is 0.370 e. The standard InChI is InChI=1S/C15H25N3O2/c1-3-5-11(19-4-2)14-17-15(20-18-14)12-9-6-7-10(8-9)13(12)16/h9-13H,3-8,16H2,1-2H3. The number of ether oxygens (including phenoxy) is 1. The minimum absolute atomic E-state index is 0.0442. The third kappa shape index (κ3) is 2.37. The van der Waals surface area contributed by atoms with E-state index < -0.39 is 0 Å². The van der Waals surface area contributed by atoms with Gasteiger partial charge in [0.05, 0.1) is 5.92 Å². The summed E-state index contributed by atoms with van der Waals surface area (Å²) in [7, 11) is 0. The second-order valence-corrected chi connectivity index (χ2v) is 6.16. The zero-order chi connectivity index (χ0) is 14.1. The zero-order valence-corrected chi connectivity index (χ0v) is 12.4. The van der Waals surface area contributed by atoms with Crippen molar-refractivity contribution in [1.82, 2.24) is 10.1 Å². The number of hydrogen-bond acceptors (Lipinski definition) is 5. The van der Waals surface area contributed by atoms with Crippen molar-refractivity contribution < 1.29 is 9.26 Å². The average Bonchev–Trinajstić information content (AvgIpc) is 3.13. The first-order valence-corrected chi connectivity index (χ1v) is 7.95. The van der Waals surface area contributed by atoms with Crippen LogP contribution in [0.25, 0.3) is 0 Å². The Morgan fingerprint density at radius 1 is 1.35 bits per heavy atom. The van der Waals surface area contributed by atoms with E-state index in [1.54, 1.807) is 0 Å². The van der Waals surface area contributed by atoms with Crippen LogP contribution < -0.4 is 5.73 Å². The molecule has 1 aromatic rings. The molecule has 0 aromatic carbocycles. The van der Waals surface area contributed by atoms with Crippen LogP contribution in [0.15, 0.2) is 4.52 Å². The van der Waals surface area contributed by atoms with E-state index in [9.17, 15) is 0 Å². The molecule has 20 heavy (non-hydrogen) atoms. The Bertz CT molecular complexity index is 440. The fraction of sp³-hybridized carbons (Fsp3) is 0.867. The van der Waals surface area contributed by atoms with Gasteiger partial charge in [-0.2, -0.15) is 4.98 Å².